The zero-order valence-electron chi connectivity index (χ0n) is 8.76. The highest BCUT2D eigenvalue weighted by Gasteiger charge is 2.15. The zero-order valence-corrected chi connectivity index (χ0v) is 8.76. The number of aromatic nitrogens is 3. The number of rotatable bonds is 1. The van der Waals surface area contributed by atoms with Crippen LogP contribution in [0, 0.1) is 0 Å². The molecule has 0 aromatic carbocycles. The predicted octanol–water partition coefficient (Wildman–Crippen LogP) is 0.562. The van der Waals surface area contributed by atoms with Crippen LogP contribution in [0.25, 0.3) is 5.82 Å². The van der Waals surface area contributed by atoms with Crippen LogP contribution in [-0.2, 0) is 13.0 Å². The number of hydrogen-bond donors (Lipinski definition) is 1. The molecule has 0 amide bonds. The van der Waals surface area contributed by atoms with E-state index in [2.05, 4.69) is 9.55 Å². The monoisotopic (exact) mass is 216 g/mol. The number of pyridine rings is 1. The van der Waals surface area contributed by atoms with Crippen molar-refractivity contribution in [3.8, 4) is 5.82 Å². The Kier molecular flexibility index (Phi) is 1.86. The molecule has 3 rings (SSSR count). The fourth-order valence-corrected chi connectivity index (χ4v) is 2.05. The predicted molar refractivity (Wildman–Crippen MR) is 60.6 cm³/mol. The molecule has 0 unspecified atom stereocenters. The van der Waals surface area contributed by atoms with Gasteiger partial charge < -0.3 is 10.3 Å². The van der Waals surface area contributed by atoms with E-state index >= 15 is 0 Å². The molecular weight excluding hydrogens is 204 g/mol. The maximum Gasteiger partial charge on any atom is 0.279 e. The molecule has 0 fully saturated rings. The second kappa shape index (κ2) is 3.23. The minimum absolute atomic E-state index is 0.209. The van der Waals surface area contributed by atoms with E-state index < -0.39 is 0 Å². The number of anilines is 1. The molecule has 1 aliphatic rings. The SMILES string of the molecule is Nc1cccn(-c2cn3c(n2)CCC3)c1=O. The number of imidazole rings is 1. The van der Waals surface area contributed by atoms with E-state index in [1.807, 2.05) is 6.20 Å². The van der Waals surface area contributed by atoms with Crippen molar-refractivity contribution in [3.63, 3.8) is 0 Å². The van der Waals surface area contributed by atoms with Crippen molar-refractivity contribution in [1.82, 2.24) is 14.1 Å². The van der Waals surface area contributed by atoms with Gasteiger partial charge in [0.05, 0.1) is 5.69 Å². The fraction of sp³-hybridized carbons (Fsp3) is 0.273. The Morgan fingerprint density at radius 2 is 2.31 bits per heavy atom. The molecule has 5 nitrogen and oxygen atoms in total. The molecule has 0 saturated heterocycles. The van der Waals surface area contributed by atoms with Crippen LogP contribution in [-0.4, -0.2) is 14.1 Å². The normalized spacial score (nSPS) is 14.0. The summed E-state index contributed by atoms with van der Waals surface area (Å²) >= 11 is 0. The summed E-state index contributed by atoms with van der Waals surface area (Å²) in [5.74, 6) is 1.70. The van der Waals surface area contributed by atoms with E-state index in [0.717, 1.165) is 25.2 Å². The van der Waals surface area contributed by atoms with Crippen molar-refractivity contribution in [2.24, 2.45) is 0 Å². The highest BCUT2D eigenvalue weighted by Crippen LogP contribution is 2.16. The number of hydrogen-bond acceptors (Lipinski definition) is 3. The van der Waals surface area contributed by atoms with Gasteiger partial charge in [0.15, 0.2) is 5.82 Å². The van der Waals surface area contributed by atoms with E-state index in [1.165, 1.54) is 4.57 Å². The summed E-state index contributed by atoms with van der Waals surface area (Å²) < 4.78 is 3.58. The lowest BCUT2D eigenvalue weighted by Crippen LogP contribution is -2.20. The first-order valence-electron chi connectivity index (χ1n) is 5.29. The van der Waals surface area contributed by atoms with Crippen molar-refractivity contribution in [3.05, 3.63) is 40.7 Å². The maximum absolute atomic E-state index is 11.8. The van der Waals surface area contributed by atoms with Crippen LogP contribution in [0.15, 0.2) is 29.3 Å². The molecule has 0 radical (unpaired) electrons. The van der Waals surface area contributed by atoms with Gasteiger partial charge in [-0.15, -0.1) is 0 Å². The fourth-order valence-electron chi connectivity index (χ4n) is 2.05. The topological polar surface area (TPSA) is 65.8 Å². The Bertz CT molecular complexity index is 575. The van der Waals surface area contributed by atoms with E-state index in [0.29, 0.717) is 5.82 Å². The average Bonchev–Trinajstić information content (AvgIpc) is 2.81. The van der Waals surface area contributed by atoms with Crippen LogP contribution in [0.3, 0.4) is 0 Å². The average molecular weight is 216 g/mol. The van der Waals surface area contributed by atoms with Crippen LogP contribution in [0.4, 0.5) is 5.69 Å². The molecule has 3 heterocycles. The minimum atomic E-state index is -0.209. The van der Waals surface area contributed by atoms with E-state index in [4.69, 9.17) is 5.73 Å². The number of aryl methyl sites for hydroxylation is 2. The summed E-state index contributed by atoms with van der Waals surface area (Å²) in [6.45, 7) is 0.986. The van der Waals surface area contributed by atoms with Crippen LogP contribution in [0.1, 0.15) is 12.2 Å². The van der Waals surface area contributed by atoms with Gasteiger partial charge in [0.2, 0.25) is 0 Å². The van der Waals surface area contributed by atoms with Crippen LogP contribution >= 0.6 is 0 Å². The molecular formula is C11H12N4O. The molecule has 82 valence electrons. The van der Waals surface area contributed by atoms with Gasteiger partial charge in [0.1, 0.15) is 5.82 Å². The van der Waals surface area contributed by atoms with Gasteiger partial charge in [-0.3, -0.25) is 9.36 Å². The highest BCUT2D eigenvalue weighted by atomic mass is 16.1. The van der Waals surface area contributed by atoms with Crippen molar-refractivity contribution in [1.29, 1.82) is 0 Å². The summed E-state index contributed by atoms with van der Waals surface area (Å²) in [7, 11) is 0. The molecule has 2 aromatic rings. The number of nitrogen functional groups attached to an aromatic ring is 1. The second-order valence-corrected chi connectivity index (χ2v) is 3.95. The summed E-state index contributed by atoms with van der Waals surface area (Å²) in [4.78, 5) is 16.2. The Morgan fingerprint density at radius 1 is 1.44 bits per heavy atom. The molecule has 2 aromatic heterocycles. The number of nitrogens with zero attached hydrogens (tertiary/aromatic N) is 3. The summed E-state index contributed by atoms with van der Waals surface area (Å²) in [6.07, 6.45) is 5.71. The van der Waals surface area contributed by atoms with Gasteiger partial charge in [-0.25, -0.2) is 4.98 Å². The number of fused-ring (bicyclic) bond motifs is 1. The van der Waals surface area contributed by atoms with Crippen molar-refractivity contribution in [2.75, 3.05) is 5.73 Å². The molecule has 0 aliphatic carbocycles. The lowest BCUT2D eigenvalue weighted by molar-refractivity contribution is 0.747. The van der Waals surface area contributed by atoms with Crippen molar-refractivity contribution < 1.29 is 0 Å². The van der Waals surface area contributed by atoms with E-state index in [1.54, 1.807) is 18.3 Å². The molecule has 0 spiro atoms. The Morgan fingerprint density at radius 3 is 3.12 bits per heavy atom. The summed E-state index contributed by atoms with van der Waals surface area (Å²) in [5.41, 5.74) is 5.62. The Balaban J connectivity index is 2.15. The Labute approximate surface area is 92.1 Å². The van der Waals surface area contributed by atoms with Gasteiger partial charge >= 0.3 is 0 Å². The zero-order chi connectivity index (χ0) is 11.1. The first kappa shape index (κ1) is 9.21. The maximum atomic E-state index is 11.8. The standard InChI is InChI=1S/C11H12N4O/c12-8-3-1-6-15(11(8)16)10-7-14-5-2-4-9(14)13-10/h1,3,6-7H,2,4-5,12H2. The van der Waals surface area contributed by atoms with Crippen LogP contribution < -0.4 is 11.3 Å². The molecule has 1 aliphatic heterocycles. The minimum Gasteiger partial charge on any atom is -0.394 e. The van der Waals surface area contributed by atoms with Crippen LogP contribution in [0.2, 0.25) is 0 Å². The lowest BCUT2D eigenvalue weighted by atomic mass is 10.4. The molecule has 2 N–H and O–H groups in total. The molecule has 0 atom stereocenters. The number of nitrogens with two attached hydrogens (primary N) is 1. The first-order chi connectivity index (χ1) is 7.75. The third-order valence-electron chi connectivity index (χ3n) is 2.87. The van der Waals surface area contributed by atoms with Gasteiger partial charge in [0.25, 0.3) is 5.56 Å². The molecule has 5 heteroatoms. The summed E-state index contributed by atoms with van der Waals surface area (Å²) in [5, 5.41) is 0. The van der Waals surface area contributed by atoms with E-state index in [9.17, 15) is 4.79 Å². The molecule has 0 saturated carbocycles. The van der Waals surface area contributed by atoms with E-state index in [-0.39, 0.29) is 11.2 Å². The Hall–Kier alpha value is -2.04. The van der Waals surface area contributed by atoms with Gasteiger partial charge in [-0.05, 0) is 18.6 Å². The first-order valence-corrected chi connectivity index (χ1v) is 5.29. The van der Waals surface area contributed by atoms with Gasteiger partial charge in [0, 0.05) is 25.4 Å². The summed E-state index contributed by atoms with van der Waals surface area (Å²) in [6, 6.07) is 3.35. The smallest absolute Gasteiger partial charge is 0.279 e. The van der Waals surface area contributed by atoms with Crippen LogP contribution in [0.5, 0.6) is 0 Å². The lowest BCUT2D eigenvalue weighted by Gasteiger charge is -2.01. The third-order valence-corrected chi connectivity index (χ3v) is 2.87. The third kappa shape index (κ3) is 1.25. The largest absolute Gasteiger partial charge is 0.394 e. The molecule has 16 heavy (non-hydrogen) atoms. The van der Waals surface area contributed by atoms with Gasteiger partial charge in [-0.2, -0.15) is 0 Å². The second-order valence-electron chi connectivity index (χ2n) is 3.95. The highest BCUT2D eigenvalue weighted by molar-refractivity contribution is 5.37. The quantitative estimate of drug-likeness (QED) is 0.757. The molecule has 0 bridgehead atoms. The van der Waals surface area contributed by atoms with Crippen molar-refractivity contribution in [2.45, 2.75) is 19.4 Å². The van der Waals surface area contributed by atoms with Crippen molar-refractivity contribution >= 4 is 5.69 Å². The van der Waals surface area contributed by atoms with Gasteiger partial charge in [-0.1, -0.05) is 0 Å².